The van der Waals surface area contributed by atoms with Gasteiger partial charge < -0.3 is 10.4 Å². The van der Waals surface area contributed by atoms with Gasteiger partial charge in [-0.2, -0.15) is 0 Å². The van der Waals surface area contributed by atoms with Crippen molar-refractivity contribution in [1.29, 1.82) is 0 Å². The summed E-state index contributed by atoms with van der Waals surface area (Å²) in [6.07, 6.45) is 1.27. The summed E-state index contributed by atoms with van der Waals surface area (Å²) in [6, 6.07) is 5.66. The number of rotatable bonds is 4. The Bertz CT molecular complexity index is 684. The first-order chi connectivity index (χ1) is 9.99. The standard InChI is InChI=1S/C14H10F2N2O3/c15-10-2-1-3-11(16)12(10)13(19)18-7-9-6-8(14(20)21)4-5-17-9/h1-6H,7H2,(H,18,19)(H,20,21). The average Bonchev–Trinajstić information content (AvgIpc) is 2.45. The van der Waals surface area contributed by atoms with Gasteiger partial charge in [0.2, 0.25) is 0 Å². The molecule has 1 amide bonds. The third kappa shape index (κ3) is 3.38. The lowest BCUT2D eigenvalue weighted by molar-refractivity contribution is 0.0696. The van der Waals surface area contributed by atoms with Crippen LogP contribution in [0.25, 0.3) is 0 Å². The zero-order chi connectivity index (χ0) is 15.4. The molecule has 5 nitrogen and oxygen atoms in total. The zero-order valence-electron chi connectivity index (χ0n) is 10.6. The van der Waals surface area contributed by atoms with E-state index in [1.165, 1.54) is 18.3 Å². The predicted octanol–water partition coefficient (Wildman–Crippen LogP) is 1.99. The van der Waals surface area contributed by atoms with Gasteiger partial charge in [-0.15, -0.1) is 0 Å². The third-order valence-corrected chi connectivity index (χ3v) is 2.68. The fraction of sp³-hybridized carbons (Fsp3) is 0.0714. The van der Waals surface area contributed by atoms with E-state index in [1.807, 2.05) is 0 Å². The van der Waals surface area contributed by atoms with Crippen LogP contribution < -0.4 is 5.32 Å². The van der Waals surface area contributed by atoms with Gasteiger partial charge in [-0.1, -0.05) is 6.07 Å². The van der Waals surface area contributed by atoms with Crippen molar-refractivity contribution in [1.82, 2.24) is 10.3 Å². The summed E-state index contributed by atoms with van der Waals surface area (Å²) in [4.78, 5) is 26.4. The Kier molecular flexibility index (Phi) is 4.22. The summed E-state index contributed by atoms with van der Waals surface area (Å²) in [6.45, 7) is -0.145. The Morgan fingerprint density at radius 2 is 1.86 bits per heavy atom. The minimum absolute atomic E-state index is 0.00585. The molecule has 0 aliphatic rings. The smallest absolute Gasteiger partial charge is 0.335 e. The molecule has 7 heteroatoms. The van der Waals surface area contributed by atoms with Crippen LogP contribution in [0.5, 0.6) is 0 Å². The first kappa shape index (κ1) is 14.6. The molecule has 2 aromatic rings. The number of hydrogen-bond acceptors (Lipinski definition) is 3. The number of aromatic carboxylic acids is 1. The third-order valence-electron chi connectivity index (χ3n) is 2.68. The van der Waals surface area contributed by atoms with Crippen molar-refractivity contribution in [3.05, 3.63) is 65.0 Å². The van der Waals surface area contributed by atoms with Crippen molar-refractivity contribution in [2.75, 3.05) is 0 Å². The molecule has 0 atom stereocenters. The number of halogens is 2. The second kappa shape index (κ2) is 6.08. The van der Waals surface area contributed by atoms with E-state index in [2.05, 4.69) is 10.3 Å². The zero-order valence-corrected chi connectivity index (χ0v) is 10.6. The maximum Gasteiger partial charge on any atom is 0.335 e. The van der Waals surface area contributed by atoms with E-state index in [0.717, 1.165) is 18.2 Å². The van der Waals surface area contributed by atoms with E-state index in [1.54, 1.807) is 0 Å². The van der Waals surface area contributed by atoms with Gasteiger partial charge in [-0.25, -0.2) is 13.6 Å². The van der Waals surface area contributed by atoms with Gasteiger partial charge in [0, 0.05) is 6.20 Å². The van der Waals surface area contributed by atoms with Crippen molar-refractivity contribution in [2.24, 2.45) is 0 Å². The van der Waals surface area contributed by atoms with Crippen LogP contribution in [0.2, 0.25) is 0 Å². The Labute approximate surface area is 118 Å². The molecule has 0 bridgehead atoms. The molecular weight excluding hydrogens is 282 g/mol. The van der Waals surface area contributed by atoms with Crippen LogP contribution >= 0.6 is 0 Å². The Morgan fingerprint density at radius 3 is 2.48 bits per heavy atom. The lowest BCUT2D eigenvalue weighted by atomic mass is 10.2. The molecule has 108 valence electrons. The van der Waals surface area contributed by atoms with Crippen LogP contribution in [0.4, 0.5) is 8.78 Å². The molecule has 0 spiro atoms. The van der Waals surface area contributed by atoms with E-state index < -0.39 is 29.1 Å². The lowest BCUT2D eigenvalue weighted by Gasteiger charge is -2.07. The van der Waals surface area contributed by atoms with E-state index in [-0.39, 0.29) is 17.8 Å². The van der Waals surface area contributed by atoms with Gasteiger partial charge in [0.1, 0.15) is 17.2 Å². The summed E-state index contributed by atoms with van der Waals surface area (Å²) >= 11 is 0. The summed E-state index contributed by atoms with van der Waals surface area (Å²) < 4.78 is 26.8. The Morgan fingerprint density at radius 1 is 1.19 bits per heavy atom. The highest BCUT2D eigenvalue weighted by molar-refractivity contribution is 5.94. The van der Waals surface area contributed by atoms with Gasteiger partial charge in [0.15, 0.2) is 0 Å². The van der Waals surface area contributed by atoms with Crippen molar-refractivity contribution in [3.63, 3.8) is 0 Å². The number of nitrogens with one attached hydrogen (secondary N) is 1. The van der Waals surface area contributed by atoms with E-state index >= 15 is 0 Å². The monoisotopic (exact) mass is 292 g/mol. The van der Waals surface area contributed by atoms with Crippen molar-refractivity contribution in [3.8, 4) is 0 Å². The number of amides is 1. The minimum atomic E-state index is -1.13. The average molecular weight is 292 g/mol. The largest absolute Gasteiger partial charge is 0.478 e. The van der Waals surface area contributed by atoms with Crippen molar-refractivity contribution >= 4 is 11.9 Å². The molecule has 0 saturated carbocycles. The Hall–Kier alpha value is -2.83. The fourth-order valence-electron chi connectivity index (χ4n) is 1.68. The molecule has 0 radical (unpaired) electrons. The van der Waals surface area contributed by atoms with Gasteiger partial charge in [-0.05, 0) is 24.3 Å². The van der Waals surface area contributed by atoms with Gasteiger partial charge >= 0.3 is 5.97 Å². The van der Waals surface area contributed by atoms with Crippen LogP contribution in [0, 0.1) is 11.6 Å². The summed E-state index contributed by atoms with van der Waals surface area (Å²) in [5.41, 5.74) is -0.418. The SMILES string of the molecule is O=C(O)c1ccnc(CNC(=O)c2c(F)cccc2F)c1. The molecule has 2 N–H and O–H groups in total. The number of hydrogen-bond donors (Lipinski definition) is 2. The number of nitrogens with zero attached hydrogens (tertiary/aromatic N) is 1. The van der Waals surface area contributed by atoms with Crippen molar-refractivity contribution in [2.45, 2.75) is 6.54 Å². The molecule has 0 aliphatic carbocycles. The lowest BCUT2D eigenvalue weighted by Crippen LogP contribution is -2.25. The quantitative estimate of drug-likeness (QED) is 0.903. The van der Waals surface area contributed by atoms with Gasteiger partial charge in [0.05, 0.1) is 17.8 Å². The normalized spacial score (nSPS) is 10.2. The summed E-state index contributed by atoms with van der Waals surface area (Å²) in [5.74, 6) is -4.02. The highest BCUT2D eigenvalue weighted by Crippen LogP contribution is 2.12. The van der Waals surface area contributed by atoms with E-state index in [9.17, 15) is 18.4 Å². The number of aromatic nitrogens is 1. The molecule has 0 fully saturated rings. The molecule has 21 heavy (non-hydrogen) atoms. The van der Waals surface area contributed by atoms with Crippen LogP contribution in [0.1, 0.15) is 26.4 Å². The van der Waals surface area contributed by atoms with Gasteiger partial charge in [-0.3, -0.25) is 9.78 Å². The second-order valence-electron chi connectivity index (χ2n) is 4.12. The van der Waals surface area contributed by atoms with Crippen LogP contribution in [0.15, 0.2) is 36.5 Å². The predicted molar refractivity (Wildman–Crippen MR) is 68.7 cm³/mol. The van der Waals surface area contributed by atoms with Crippen molar-refractivity contribution < 1.29 is 23.5 Å². The molecule has 0 unspecified atom stereocenters. The molecule has 1 aromatic carbocycles. The first-order valence-corrected chi connectivity index (χ1v) is 5.89. The highest BCUT2D eigenvalue weighted by atomic mass is 19.1. The number of benzene rings is 1. The van der Waals surface area contributed by atoms with Crippen LogP contribution in [-0.4, -0.2) is 22.0 Å². The van der Waals surface area contributed by atoms with Crippen LogP contribution in [0.3, 0.4) is 0 Å². The number of carboxylic acid groups (broad SMARTS) is 1. The molecule has 1 heterocycles. The molecular formula is C14H10F2N2O3. The second-order valence-corrected chi connectivity index (χ2v) is 4.12. The number of pyridine rings is 1. The minimum Gasteiger partial charge on any atom is -0.478 e. The number of carbonyl (C=O) groups is 2. The number of carbonyl (C=O) groups excluding carboxylic acids is 1. The summed E-state index contributed by atoms with van der Waals surface area (Å²) in [5, 5.41) is 11.1. The molecule has 2 rings (SSSR count). The maximum absolute atomic E-state index is 13.4. The molecule has 1 aromatic heterocycles. The van der Waals surface area contributed by atoms with Crippen LogP contribution in [-0.2, 0) is 6.54 Å². The summed E-state index contributed by atoms with van der Waals surface area (Å²) in [7, 11) is 0. The molecule has 0 aliphatic heterocycles. The van der Waals surface area contributed by atoms with Gasteiger partial charge in [0.25, 0.3) is 5.91 Å². The fourth-order valence-corrected chi connectivity index (χ4v) is 1.68. The van der Waals surface area contributed by atoms with E-state index in [4.69, 9.17) is 5.11 Å². The van der Waals surface area contributed by atoms with E-state index in [0.29, 0.717) is 0 Å². The topological polar surface area (TPSA) is 79.3 Å². The maximum atomic E-state index is 13.4. The highest BCUT2D eigenvalue weighted by Gasteiger charge is 2.16. The number of carboxylic acids is 1. The Balaban J connectivity index is 2.11. The molecule has 0 saturated heterocycles. The first-order valence-electron chi connectivity index (χ1n) is 5.89.